The van der Waals surface area contributed by atoms with Crippen LogP contribution in [-0.2, 0) is 11.6 Å². The summed E-state index contributed by atoms with van der Waals surface area (Å²) >= 11 is 0. The first-order chi connectivity index (χ1) is 17.5. The van der Waals surface area contributed by atoms with Crippen LogP contribution in [0.5, 0.6) is 11.5 Å². The molecule has 0 radical (unpaired) electrons. The number of hydrogen-bond acceptors (Lipinski definition) is 4. The van der Waals surface area contributed by atoms with Gasteiger partial charge in [0.05, 0.1) is 25.5 Å². The number of nitrogens with zero attached hydrogens (tertiary/aromatic N) is 1. The zero-order valence-electron chi connectivity index (χ0n) is 21.4. The molecule has 0 spiro atoms. The number of carbonyl (C=O) groups excluding carboxylic acids is 1. The molecule has 10 heteroatoms. The third-order valence-electron chi connectivity index (χ3n) is 7.80. The number of alkyl halides is 3. The fourth-order valence-corrected chi connectivity index (χ4v) is 5.96. The highest BCUT2D eigenvalue weighted by Crippen LogP contribution is 2.51. The van der Waals surface area contributed by atoms with Crippen LogP contribution in [0.1, 0.15) is 50.7 Å². The minimum atomic E-state index is -4.64. The normalized spacial score (nSPS) is 24.0. The molecule has 2 N–H and O–H groups in total. The molecule has 0 bridgehead atoms. The van der Waals surface area contributed by atoms with E-state index in [1.54, 1.807) is 14.2 Å². The molecule has 1 aliphatic carbocycles. The summed E-state index contributed by atoms with van der Waals surface area (Å²) in [5, 5.41) is 5.13. The highest BCUT2D eigenvalue weighted by molar-refractivity contribution is 5.89. The van der Waals surface area contributed by atoms with Crippen molar-refractivity contribution in [2.24, 2.45) is 0 Å². The molecular weight excluding hydrogens is 490 g/mol. The highest BCUT2D eigenvalue weighted by atomic mass is 19.4. The molecule has 1 heterocycles. The van der Waals surface area contributed by atoms with E-state index in [-0.39, 0.29) is 17.5 Å². The number of likely N-dealkylation sites (tertiary alicyclic amines) is 1. The van der Waals surface area contributed by atoms with Gasteiger partial charge in [-0.1, -0.05) is 6.07 Å². The molecule has 202 valence electrons. The highest BCUT2D eigenvalue weighted by Gasteiger charge is 2.52. The molecule has 2 aromatic carbocycles. The molecule has 0 unspecified atom stereocenters. The maximum Gasteiger partial charge on any atom is 0.416 e. The number of amides is 2. The lowest BCUT2D eigenvalue weighted by Gasteiger charge is -2.46. The third-order valence-corrected chi connectivity index (χ3v) is 7.80. The number of carbonyl (C=O) groups is 1. The number of anilines is 1. The van der Waals surface area contributed by atoms with E-state index < -0.39 is 29.3 Å². The average molecular weight is 524 g/mol. The summed E-state index contributed by atoms with van der Waals surface area (Å²) < 4.78 is 64.2. The number of fused-ring (bicyclic) bond motifs is 1. The van der Waals surface area contributed by atoms with E-state index in [9.17, 15) is 22.4 Å². The molecule has 2 aromatic rings. The maximum absolute atomic E-state index is 14.1. The quantitative estimate of drug-likeness (QED) is 0.459. The van der Waals surface area contributed by atoms with Crippen LogP contribution in [0.4, 0.5) is 28.0 Å². The molecular formula is C27H33F4N3O3. The Morgan fingerprint density at radius 3 is 2.46 bits per heavy atom. The van der Waals surface area contributed by atoms with Crippen molar-refractivity contribution >= 4 is 11.7 Å². The van der Waals surface area contributed by atoms with Gasteiger partial charge in [-0.2, -0.15) is 13.2 Å². The Bertz CT molecular complexity index is 1140. The summed E-state index contributed by atoms with van der Waals surface area (Å²) in [6.45, 7) is 5.20. The number of hydrogen-bond donors (Lipinski definition) is 2. The fraction of sp³-hybridized carbons (Fsp3) is 0.519. The minimum Gasteiger partial charge on any atom is -0.493 e. The van der Waals surface area contributed by atoms with E-state index in [4.69, 9.17) is 9.47 Å². The molecule has 4 rings (SSSR count). The molecule has 1 saturated carbocycles. The maximum atomic E-state index is 14.1. The molecule has 2 aliphatic rings. The van der Waals surface area contributed by atoms with E-state index in [0.717, 1.165) is 24.9 Å². The summed E-state index contributed by atoms with van der Waals surface area (Å²) in [4.78, 5) is 15.1. The van der Waals surface area contributed by atoms with Gasteiger partial charge in [-0.25, -0.2) is 9.18 Å². The van der Waals surface area contributed by atoms with Gasteiger partial charge in [0.15, 0.2) is 11.5 Å². The van der Waals surface area contributed by atoms with Gasteiger partial charge in [-0.3, -0.25) is 4.90 Å². The molecule has 2 amide bonds. The third kappa shape index (κ3) is 5.35. The lowest BCUT2D eigenvalue weighted by molar-refractivity contribution is -0.137. The van der Waals surface area contributed by atoms with Gasteiger partial charge in [0.2, 0.25) is 0 Å². The van der Waals surface area contributed by atoms with Gasteiger partial charge in [-0.05, 0) is 82.0 Å². The van der Waals surface area contributed by atoms with E-state index in [1.807, 2.05) is 12.1 Å². The van der Waals surface area contributed by atoms with E-state index in [2.05, 4.69) is 35.4 Å². The fourth-order valence-electron chi connectivity index (χ4n) is 5.96. The van der Waals surface area contributed by atoms with Gasteiger partial charge in [0.1, 0.15) is 5.82 Å². The second-order valence-electron chi connectivity index (χ2n) is 10.1. The van der Waals surface area contributed by atoms with Crippen LogP contribution in [0.2, 0.25) is 0 Å². The van der Waals surface area contributed by atoms with Gasteiger partial charge in [0.25, 0.3) is 0 Å². The van der Waals surface area contributed by atoms with Crippen molar-refractivity contribution in [1.82, 2.24) is 10.2 Å². The van der Waals surface area contributed by atoms with Crippen molar-refractivity contribution in [3.63, 3.8) is 0 Å². The lowest BCUT2D eigenvalue weighted by Crippen LogP contribution is -2.54. The molecule has 6 nitrogen and oxygen atoms in total. The molecule has 1 saturated heterocycles. The first kappa shape index (κ1) is 27.0. The Labute approximate surface area is 214 Å². The van der Waals surface area contributed by atoms with Crippen molar-refractivity contribution in [1.29, 1.82) is 0 Å². The number of ether oxygens (including phenoxy) is 2. The van der Waals surface area contributed by atoms with Crippen LogP contribution in [-0.4, -0.2) is 49.8 Å². The van der Waals surface area contributed by atoms with Crippen LogP contribution in [0.25, 0.3) is 0 Å². The Kier molecular flexibility index (Phi) is 7.60. The van der Waals surface area contributed by atoms with Crippen molar-refractivity contribution in [2.45, 2.75) is 69.2 Å². The zero-order valence-corrected chi connectivity index (χ0v) is 21.4. The Hall–Kier alpha value is -3.01. The predicted octanol–water partition coefficient (Wildman–Crippen LogP) is 5.96. The number of methoxy groups -OCH3 is 2. The van der Waals surface area contributed by atoms with Crippen molar-refractivity contribution in [2.75, 3.05) is 26.1 Å². The van der Waals surface area contributed by atoms with Crippen LogP contribution in [0.15, 0.2) is 36.4 Å². The summed E-state index contributed by atoms with van der Waals surface area (Å²) in [6.07, 6.45) is -1.54. The second kappa shape index (κ2) is 10.4. The van der Waals surface area contributed by atoms with Crippen LogP contribution in [0, 0.1) is 5.82 Å². The Morgan fingerprint density at radius 2 is 1.81 bits per heavy atom. The van der Waals surface area contributed by atoms with Crippen LogP contribution >= 0.6 is 0 Å². The van der Waals surface area contributed by atoms with Crippen LogP contribution < -0.4 is 20.1 Å². The van der Waals surface area contributed by atoms with E-state index in [0.29, 0.717) is 48.6 Å². The summed E-state index contributed by atoms with van der Waals surface area (Å²) in [6, 6.07) is 7.47. The van der Waals surface area contributed by atoms with Gasteiger partial charge in [-0.15, -0.1) is 0 Å². The van der Waals surface area contributed by atoms with Gasteiger partial charge in [0, 0.05) is 23.5 Å². The Morgan fingerprint density at radius 1 is 1.08 bits per heavy atom. The molecule has 37 heavy (non-hydrogen) atoms. The first-order valence-electron chi connectivity index (χ1n) is 12.4. The first-order valence-corrected chi connectivity index (χ1v) is 12.4. The molecule has 3 atom stereocenters. The predicted molar refractivity (Wildman–Crippen MR) is 133 cm³/mol. The SMILES string of the molecule is COc1ccc([C@@]23CC[C@@H](NC(=O)Nc4cc(C(F)(F)F)ccc4F)C[C@@H]2N(C(C)C)CC3)cc1OC. The number of halogens is 4. The monoisotopic (exact) mass is 523 g/mol. The van der Waals surface area contributed by atoms with E-state index >= 15 is 0 Å². The molecule has 0 aromatic heterocycles. The summed E-state index contributed by atoms with van der Waals surface area (Å²) in [5.74, 6) is 0.395. The van der Waals surface area contributed by atoms with Crippen LogP contribution in [0.3, 0.4) is 0 Å². The van der Waals surface area contributed by atoms with E-state index in [1.165, 1.54) is 0 Å². The van der Waals surface area contributed by atoms with Gasteiger partial charge < -0.3 is 20.1 Å². The second-order valence-corrected chi connectivity index (χ2v) is 10.1. The molecule has 1 aliphatic heterocycles. The number of benzene rings is 2. The van der Waals surface area contributed by atoms with Gasteiger partial charge >= 0.3 is 12.2 Å². The molecule has 2 fully saturated rings. The zero-order chi connectivity index (χ0) is 27.0. The van der Waals surface area contributed by atoms with Crippen molar-refractivity contribution in [3.05, 3.63) is 53.3 Å². The largest absolute Gasteiger partial charge is 0.493 e. The summed E-state index contributed by atoms with van der Waals surface area (Å²) in [7, 11) is 3.21. The number of rotatable bonds is 6. The summed E-state index contributed by atoms with van der Waals surface area (Å²) in [5.41, 5.74) is -0.508. The lowest BCUT2D eigenvalue weighted by atomic mass is 9.65. The topological polar surface area (TPSA) is 62.8 Å². The Balaban J connectivity index is 1.53. The van der Waals surface area contributed by atoms with Crippen molar-refractivity contribution in [3.8, 4) is 11.5 Å². The number of nitrogens with one attached hydrogen (secondary N) is 2. The number of urea groups is 1. The smallest absolute Gasteiger partial charge is 0.416 e. The van der Waals surface area contributed by atoms with Crippen molar-refractivity contribution < 1.29 is 31.8 Å². The average Bonchev–Trinajstić information content (AvgIpc) is 3.24. The minimum absolute atomic E-state index is 0.133. The standard InChI is InChI=1S/C27H33F4N3O3/c1-16(2)34-12-11-26(17-6-8-22(36-3)23(14-17)37-4)10-9-19(15-24(26)34)32-25(35)33-21-13-18(27(29,30)31)5-7-20(21)28/h5-8,13-14,16,19,24H,9-12,15H2,1-4H3,(H2,32,33,35)/t19-,24+,26+/m1/s1.